The van der Waals surface area contributed by atoms with Gasteiger partial charge in [-0.3, -0.25) is 38.4 Å². The van der Waals surface area contributed by atoms with Crippen LogP contribution in [0.4, 0.5) is 0 Å². The van der Waals surface area contributed by atoms with Crippen molar-refractivity contribution >= 4 is 94.1 Å². The Kier molecular flexibility index (Phi) is 19.0. The Hall–Kier alpha value is -10.8. The second kappa shape index (κ2) is 26.2. The smallest absolute Gasteiger partial charge is 0.318 e. The Labute approximate surface area is 553 Å². The molecule has 8 bridgehead atoms. The number of aliphatic carboxylic acids is 8. The highest BCUT2D eigenvalue weighted by atomic mass is 16.4. The molecule has 96 heavy (non-hydrogen) atoms. The van der Waals surface area contributed by atoms with Gasteiger partial charge in [0.05, 0.1) is 22.8 Å². The van der Waals surface area contributed by atoms with Gasteiger partial charge in [0.25, 0.3) is 0 Å². The lowest BCUT2D eigenvalue weighted by Crippen LogP contribution is -2.28. The van der Waals surface area contributed by atoms with E-state index in [9.17, 15) is 79.2 Å². The van der Waals surface area contributed by atoms with Gasteiger partial charge >= 0.3 is 47.8 Å². The quantitative estimate of drug-likeness (QED) is 0.0317. The largest absolute Gasteiger partial charge is 0.481 e. The molecule has 0 saturated heterocycles. The summed E-state index contributed by atoms with van der Waals surface area (Å²) in [6.45, 7) is 23.4. The lowest BCUT2D eigenvalue weighted by Gasteiger charge is -2.26. The average Bonchev–Trinajstić information content (AvgIpc) is 1.48. The Morgan fingerprint density at radius 1 is 0.323 bits per heavy atom. The Balaban J connectivity index is 1.58. The summed E-state index contributed by atoms with van der Waals surface area (Å²) in [5.41, 5.74) is 6.89. The Morgan fingerprint density at radius 3 is 0.979 bits per heavy atom. The third kappa shape index (κ3) is 14.6. The van der Waals surface area contributed by atoms with Crippen molar-refractivity contribution in [3.8, 4) is 44.5 Å². The molecule has 2 aliphatic heterocycles. The number of benzene rings is 4. The predicted octanol–water partition coefficient (Wildman–Crippen LogP) is 13.8. The highest BCUT2D eigenvalue weighted by Crippen LogP contribution is 2.45. The second-order valence-corrected chi connectivity index (χ2v) is 28.8. The minimum absolute atomic E-state index is 0.114. The van der Waals surface area contributed by atoms with Crippen molar-refractivity contribution in [2.24, 2.45) is 23.7 Å². The third-order valence-corrected chi connectivity index (χ3v) is 17.7. The van der Waals surface area contributed by atoms with Crippen molar-refractivity contribution in [2.75, 3.05) is 0 Å². The van der Waals surface area contributed by atoms with Crippen LogP contribution in [-0.2, 0) is 85.7 Å². The van der Waals surface area contributed by atoms with Gasteiger partial charge in [0.2, 0.25) is 0 Å². The summed E-state index contributed by atoms with van der Waals surface area (Å²) in [6.07, 6.45) is 4.31. The predicted molar refractivity (Wildman–Crippen MR) is 365 cm³/mol. The SMILES string of the molecule is CC(C)(C)c1ccc(-c2c3nc(c(-c4c(CC(C(=O)O)C(=O)O)cc(C(C)(C)C)cc4CC(C(=O)O)C(=O)O)c4ccc([nH]4)c(-c4ccc(C(C)(C)C)cc4)c4nc(cc5[nH]c2cc5-c2c(CC(C(=O)O)C(=O)O)cc(C(C)(C)C)cc2CC(C(=O)O)C(=O)O)C=C4)C=C3)cc1. The molecule has 0 aliphatic carbocycles. The minimum atomic E-state index is -2.06. The molecular weight excluding hydrogens is 1220 g/mol. The highest BCUT2D eigenvalue weighted by molar-refractivity contribution is 6.03. The van der Waals surface area contributed by atoms with Gasteiger partial charge in [0, 0.05) is 44.3 Å². The van der Waals surface area contributed by atoms with E-state index in [1.807, 2.05) is 111 Å². The van der Waals surface area contributed by atoms with E-state index in [2.05, 4.69) is 30.7 Å². The molecule has 3 aromatic heterocycles. The number of fused-ring (bicyclic) bond motifs is 8. The molecule has 20 heteroatoms. The van der Waals surface area contributed by atoms with E-state index >= 15 is 0 Å². The van der Waals surface area contributed by atoms with Crippen molar-refractivity contribution in [1.29, 1.82) is 0 Å². The first kappa shape index (κ1) is 69.6. The van der Waals surface area contributed by atoms with E-state index < -0.39 is 108 Å². The van der Waals surface area contributed by atoms with Gasteiger partial charge in [-0.2, -0.15) is 0 Å². The number of H-pyrrole nitrogens is 2. The molecule has 0 amide bonds. The molecule has 498 valence electrons. The van der Waals surface area contributed by atoms with Crippen LogP contribution in [0.1, 0.15) is 150 Å². The number of rotatable bonds is 20. The number of carboxylic acid groups (broad SMARTS) is 8. The molecule has 20 nitrogen and oxygen atoms in total. The fourth-order valence-corrected chi connectivity index (χ4v) is 12.3. The summed E-state index contributed by atoms with van der Waals surface area (Å²) in [5.74, 6) is -21.5. The number of carbonyl (C=O) groups is 8. The molecule has 0 saturated carbocycles. The van der Waals surface area contributed by atoms with Gasteiger partial charge in [-0.15, -0.1) is 0 Å². The van der Waals surface area contributed by atoms with E-state index in [1.54, 1.807) is 72.8 Å². The number of aromatic nitrogens is 4. The van der Waals surface area contributed by atoms with E-state index in [0.717, 1.165) is 11.1 Å². The number of nitrogens with zero attached hydrogens (tertiary/aromatic N) is 2. The van der Waals surface area contributed by atoms with Gasteiger partial charge in [-0.05, 0) is 163 Å². The number of aromatic amines is 2. The van der Waals surface area contributed by atoms with E-state index in [1.165, 1.54) is 0 Å². The van der Waals surface area contributed by atoms with Crippen LogP contribution in [0, 0.1) is 23.7 Å². The maximum atomic E-state index is 13.1. The van der Waals surface area contributed by atoms with Crippen molar-refractivity contribution in [2.45, 2.75) is 130 Å². The molecular formula is C76H78N4O16. The molecule has 0 radical (unpaired) electrons. The van der Waals surface area contributed by atoms with Crippen LogP contribution < -0.4 is 0 Å². The van der Waals surface area contributed by atoms with Crippen LogP contribution in [0.15, 0.2) is 97.1 Å². The van der Waals surface area contributed by atoms with Gasteiger partial charge in [0.1, 0.15) is 0 Å². The van der Waals surface area contributed by atoms with Crippen LogP contribution in [-0.4, -0.2) is 109 Å². The Morgan fingerprint density at radius 2 is 0.625 bits per heavy atom. The van der Waals surface area contributed by atoms with Crippen LogP contribution in [0.3, 0.4) is 0 Å². The van der Waals surface area contributed by atoms with Crippen molar-refractivity contribution in [1.82, 2.24) is 19.9 Å². The summed E-state index contributed by atoms with van der Waals surface area (Å²) in [5, 5.41) is 84.4. The molecule has 10 N–H and O–H groups in total. The molecule has 5 heterocycles. The standard InChI is InChI=1S/C76H78N4O16/c1-73(2,3)43-17-13-37(14-18-43)62-53-22-21-47(77-53)35-58-48(60-39(31-49(65(81)82)66(83)84)27-45(75(7,8)9)28-40(60)32-50(67(85)86)68(87)88)36-59(80-58)63(38-15-19-44(20-16-38)74(4,5)6)55-24-26-57(79-55)64(56-25-23-54(62)78-56)61-41(33-51(69(89)90)70(91)92)29-46(76(10,11)12)30-42(61)34-52(71(93)94)72(95)96/h13-30,35-36,49-52,78,80H,31-34H2,1-12H3,(H,81,82)(H,83,84)(H,85,86)(H,87,88)(H,89,90)(H,91,92)(H,93,94)(H,95,96). The van der Waals surface area contributed by atoms with E-state index in [0.29, 0.717) is 61.3 Å². The molecule has 9 rings (SSSR count). The molecule has 0 unspecified atom stereocenters. The Bertz CT molecular complexity index is 4450. The van der Waals surface area contributed by atoms with Gasteiger partial charge in [-0.25, -0.2) is 9.97 Å². The number of hydrogen-bond donors (Lipinski definition) is 10. The first-order valence-corrected chi connectivity index (χ1v) is 31.3. The maximum Gasteiger partial charge on any atom is 0.318 e. The first-order chi connectivity index (χ1) is 44.7. The molecule has 7 aromatic rings. The number of carboxylic acids is 8. The normalized spacial score (nSPS) is 12.7. The number of nitrogens with one attached hydrogen (secondary N) is 2. The van der Waals surface area contributed by atoms with E-state index in [4.69, 9.17) is 9.97 Å². The monoisotopic (exact) mass is 1300 g/mol. The van der Waals surface area contributed by atoms with Gasteiger partial charge in [0.15, 0.2) is 23.7 Å². The second-order valence-electron chi connectivity index (χ2n) is 28.8. The van der Waals surface area contributed by atoms with E-state index in [-0.39, 0.29) is 72.2 Å². The molecule has 0 spiro atoms. The summed E-state index contributed by atoms with van der Waals surface area (Å²) in [6, 6.07) is 29.1. The van der Waals surface area contributed by atoms with Crippen molar-refractivity contribution < 1.29 is 79.2 Å². The summed E-state index contributed by atoms with van der Waals surface area (Å²) < 4.78 is 0. The van der Waals surface area contributed by atoms with Crippen LogP contribution in [0.2, 0.25) is 0 Å². The topological polar surface area (TPSA) is 356 Å². The van der Waals surface area contributed by atoms with Crippen LogP contribution >= 0.6 is 0 Å². The molecule has 0 atom stereocenters. The zero-order valence-corrected chi connectivity index (χ0v) is 55.4. The zero-order valence-electron chi connectivity index (χ0n) is 55.4. The van der Waals surface area contributed by atoms with Crippen LogP contribution in [0.25, 0.3) is 90.9 Å². The van der Waals surface area contributed by atoms with Crippen molar-refractivity contribution in [3.63, 3.8) is 0 Å². The average molecular weight is 1300 g/mol. The first-order valence-electron chi connectivity index (χ1n) is 31.3. The van der Waals surface area contributed by atoms with Crippen LogP contribution in [0.5, 0.6) is 0 Å². The minimum Gasteiger partial charge on any atom is -0.481 e. The zero-order chi connectivity index (χ0) is 70.6. The lowest BCUT2D eigenvalue weighted by atomic mass is 9.78. The lowest BCUT2D eigenvalue weighted by molar-refractivity contribution is -0.156. The van der Waals surface area contributed by atoms with Gasteiger partial charge in [-0.1, -0.05) is 156 Å². The number of hydrogen-bond acceptors (Lipinski definition) is 10. The van der Waals surface area contributed by atoms with Crippen molar-refractivity contribution in [3.05, 3.63) is 164 Å². The summed E-state index contributed by atoms with van der Waals surface area (Å²) >= 11 is 0. The van der Waals surface area contributed by atoms with Gasteiger partial charge < -0.3 is 50.8 Å². The third-order valence-electron chi connectivity index (χ3n) is 17.7. The summed E-state index contributed by atoms with van der Waals surface area (Å²) in [7, 11) is 0. The molecule has 4 aromatic carbocycles. The summed E-state index contributed by atoms with van der Waals surface area (Å²) in [4.78, 5) is 122. The maximum absolute atomic E-state index is 13.1. The molecule has 2 aliphatic rings. The fourth-order valence-electron chi connectivity index (χ4n) is 12.3. The highest BCUT2D eigenvalue weighted by Gasteiger charge is 2.36. The molecule has 0 fully saturated rings. The fraction of sp³-hybridized carbons (Fsp3) is 0.316.